The summed E-state index contributed by atoms with van der Waals surface area (Å²) in [7, 11) is 0. The van der Waals surface area contributed by atoms with Crippen molar-refractivity contribution in [1.29, 1.82) is 0 Å². The van der Waals surface area contributed by atoms with Gasteiger partial charge in [-0.1, -0.05) is 11.6 Å². The first-order valence-electron chi connectivity index (χ1n) is 4.91. The summed E-state index contributed by atoms with van der Waals surface area (Å²) in [6, 6.07) is 2.47. The van der Waals surface area contributed by atoms with Gasteiger partial charge in [0.25, 0.3) is 0 Å². The van der Waals surface area contributed by atoms with Gasteiger partial charge in [0.2, 0.25) is 0 Å². The maximum atomic E-state index is 8.69. The second-order valence-electron chi connectivity index (χ2n) is 3.48. The maximum Gasteiger partial charge on any atom is 0.107 e. The minimum atomic E-state index is 0.266. The number of aliphatic hydroxyl groups is 1. The molecule has 0 radical (unpaired) electrons. The molecule has 1 heterocycles. The first kappa shape index (κ1) is 13.5. The van der Waals surface area contributed by atoms with Crippen LogP contribution in [0.3, 0.4) is 0 Å². The van der Waals surface area contributed by atoms with E-state index in [9.17, 15) is 0 Å². The Hall–Kier alpha value is 0.390. The number of rotatable bonds is 6. The van der Waals surface area contributed by atoms with Crippen LogP contribution in [-0.4, -0.2) is 17.8 Å². The molecule has 0 aliphatic rings. The lowest BCUT2D eigenvalue weighted by atomic mass is 10.2. The van der Waals surface area contributed by atoms with Gasteiger partial charge in [-0.3, -0.25) is 0 Å². The molecule has 0 aromatic carbocycles. The fourth-order valence-corrected chi connectivity index (χ4v) is 2.99. The van der Waals surface area contributed by atoms with Crippen LogP contribution in [0.15, 0.2) is 10.5 Å². The Bertz CT molecular complexity index is 286. The second-order valence-corrected chi connectivity index (χ2v) is 6.08. The number of thiophene rings is 1. The largest absolute Gasteiger partial charge is 0.396 e. The molecule has 0 spiro atoms. The van der Waals surface area contributed by atoms with E-state index in [2.05, 4.69) is 28.2 Å². The Balaban J connectivity index is 2.30. The molecule has 2 N–H and O–H groups in total. The van der Waals surface area contributed by atoms with Crippen LogP contribution in [0.25, 0.3) is 0 Å². The summed E-state index contributed by atoms with van der Waals surface area (Å²) < 4.78 is 1.77. The molecule has 1 atom stereocenters. The molecule has 0 amide bonds. The topological polar surface area (TPSA) is 32.3 Å². The quantitative estimate of drug-likeness (QED) is 0.843. The molecule has 15 heavy (non-hydrogen) atoms. The van der Waals surface area contributed by atoms with E-state index in [1.807, 2.05) is 6.07 Å². The zero-order chi connectivity index (χ0) is 11.3. The maximum absolute atomic E-state index is 8.69. The van der Waals surface area contributed by atoms with Crippen LogP contribution in [0.5, 0.6) is 0 Å². The smallest absolute Gasteiger partial charge is 0.107 e. The van der Waals surface area contributed by atoms with Gasteiger partial charge in [0.05, 0.1) is 0 Å². The monoisotopic (exact) mass is 311 g/mol. The van der Waals surface area contributed by atoms with Gasteiger partial charge in [0.1, 0.15) is 4.34 Å². The predicted molar refractivity (Wildman–Crippen MR) is 69.7 cm³/mol. The average molecular weight is 313 g/mol. The van der Waals surface area contributed by atoms with E-state index in [1.165, 1.54) is 4.88 Å². The van der Waals surface area contributed by atoms with Gasteiger partial charge >= 0.3 is 0 Å². The Kier molecular flexibility index (Phi) is 6.16. The second kappa shape index (κ2) is 6.86. The number of aliphatic hydroxyl groups excluding tert-OH is 1. The summed E-state index contributed by atoms with van der Waals surface area (Å²) >= 11 is 10.9. The van der Waals surface area contributed by atoms with Crippen LogP contribution in [-0.2, 0) is 6.54 Å². The molecule has 2 nitrogen and oxygen atoms in total. The van der Waals surface area contributed by atoms with Gasteiger partial charge in [0, 0.05) is 28.5 Å². The van der Waals surface area contributed by atoms with Gasteiger partial charge in [-0.05, 0) is 41.8 Å². The van der Waals surface area contributed by atoms with E-state index < -0.39 is 0 Å². The van der Waals surface area contributed by atoms with Crippen molar-refractivity contribution in [3.63, 3.8) is 0 Å². The van der Waals surface area contributed by atoms with Crippen LogP contribution in [0.4, 0.5) is 0 Å². The molecule has 5 heteroatoms. The number of halogens is 2. The van der Waals surface area contributed by atoms with Crippen molar-refractivity contribution in [3.8, 4) is 0 Å². The highest BCUT2D eigenvalue weighted by Crippen LogP contribution is 2.31. The Morgan fingerprint density at radius 1 is 1.67 bits per heavy atom. The molecular weight excluding hydrogens is 298 g/mol. The molecule has 0 aliphatic carbocycles. The lowest BCUT2D eigenvalue weighted by molar-refractivity contribution is 0.276. The third-order valence-corrected chi connectivity index (χ3v) is 4.59. The zero-order valence-electron chi connectivity index (χ0n) is 8.59. The van der Waals surface area contributed by atoms with Crippen LogP contribution in [0.2, 0.25) is 4.34 Å². The minimum absolute atomic E-state index is 0.266. The van der Waals surface area contributed by atoms with Crippen LogP contribution in [0, 0.1) is 0 Å². The van der Waals surface area contributed by atoms with Crippen molar-refractivity contribution in [2.24, 2.45) is 0 Å². The molecule has 1 aromatic heterocycles. The standard InChI is InChI=1S/C10H15BrClNOS/c1-7(3-2-4-14)13-6-8-5-9(11)10(12)15-8/h5,7,13-14H,2-4,6H2,1H3. The van der Waals surface area contributed by atoms with Gasteiger partial charge < -0.3 is 10.4 Å². The van der Waals surface area contributed by atoms with Crippen LogP contribution in [0.1, 0.15) is 24.6 Å². The Morgan fingerprint density at radius 2 is 2.40 bits per heavy atom. The van der Waals surface area contributed by atoms with Gasteiger partial charge in [0.15, 0.2) is 0 Å². The number of nitrogens with one attached hydrogen (secondary N) is 1. The molecule has 1 rings (SSSR count). The van der Waals surface area contributed by atoms with Crippen molar-refractivity contribution in [2.75, 3.05) is 6.61 Å². The Labute approximate surface area is 108 Å². The summed E-state index contributed by atoms with van der Waals surface area (Å²) in [5.41, 5.74) is 0. The molecule has 86 valence electrons. The minimum Gasteiger partial charge on any atom is -0.396 e. The van der Waals surface area contributed by atoms with Crippen molar-refractivity contribution < 1.29 is 5.11 Å². The first-order chi connectivity index (χ1) is 7.13. The summed E-state index contributed by atoms with van der Waals surface area (Å²) in [5.74, 6) is 0. The van der Waals surface area contributed by atoms with Crippen molar-refractivity contribution in [2.45, 2.75) is 32.4 Å². The van der Waals surface area contributed by atoms with Crippen molar-refractivity contribution >= 4 is 38.9 Å². The highest BCUT2D eigenvalue weighted by molar-refractivity contribution is 9.10. The summed E-state index contributed by atoms with van der Waals surface area (Å²) in [4.78, 5) is 1.22. The molecule has 0 fully saturated rings. The summed E-state index contributed by atoms with van der Waals surface area (Å²) in [6.07, 6.45) is 1.85. The fraction of sp³-hybridized carbons (Fsp3) is 0.600. The molecule has 0 saturated carbocycles. The van der Waals surface area contributed by atoms with Gasteiger partial charge in [-0.15, -0.1) is 11.3 Å². The van der Waals surface area contributed by atoms with Crippen molar-refractivity contribution in [1.82, 2.24) is 5.32 Å². The molecule has 0 aliphatic heterocycles. The molecule has 0 saturated heterocycles. The van der Waals surface area contributed by atoms with E-state index in [0.29, 0.717) is 6.04 Å². The highest BCUT2D eigenvalue weighted by atomic mass is 79.9. The lowest BCUT2D eigenvalue weighted by Crippen LogP contribution is -2.25. The lowest BCUT2D eigenvalue weighted by Gasteiger charge is -2.11. The van der Waals surface area contributed by atoms with Gasteiger partial charge in [-0.25, -0.2) is 0 Å². The van der Waals surface area contributed by atoms with E-state index in [0.717, 1.165) is 28.2 Å². The normalized spacial score (nSPS) is 13.1. The average Bonchev–Trinajstić information content (AvgIpc) is 2.52. The van der Waals surface area contributed by atoms with Crippen LogP contribution >= 0.6 is 38.9 Å². The molecular formula is C10H15BrClNOS. The van der Waals surface area contributed by atoms with Crippen molar-refractivity contribution in [3.05, 3.63) is 19.8 Å². The first-order valence-corrected chi connectivity index (χ1v) is 6.90. The summed E-state index contributed by atoms with van der Waals surface area (Å²) in [5, 5.41) is 12.1. The third-order valence-electron chi connectivity index (χ3n) is 2.12. The fourth-order valence-electron chi connectivity index (χ4n) is 1.25. The SMILES string of the molecule is CC(CCCO)NCc1cc(Br)c(Cl)s1. The van der Waals surface area contributed by atoms with Gasteiger partial charge in [-0.2, -0.15) is 0 Å². The van der Waals surface area contributed by atoms with E-state index in [4.69, 9.17) is 16.7 Å². The highest BCUT2D eigenvalue weighted by Gasteiger charge is 2.06. The zero-order valence-corrected chi connectivity index (χ0v) is 11.8. The van der Waals surface area contributed by atoms with Crippen LogP contribution < -0.4 is 5.32 Å². The molecule has 1 unspecified atom stereocenters. The predicted octanol–water partition coefficient (Wildman–Crippen LogP) is 3.41. The number of hydrogen-bond acceptors (Lipinski definition) is 3. The van der Waals surface area contributed by atoms with E-state index in [-0.39, 0.29) is 6.61 Å². The molecule has 0 bridgehead atoms. The van der Waals surface area contributed by atoms with E-state index in [1.54, 1.807) is 11.3 Å². The summed E-state index contributed by atoms with van der Waals surface area (Å²) in [6.45, 7) is 3.23. The Morgan fingerprint density at radius 3 is 2.93 bits per heavy atom. The third kappa shape index (κ3) is 4.83. The molecule has 1 aromatic rings. The number of hydrogen-bond donors (Lipinski definition) is 2. The van der Waals surface area contributed by atoms with E-state index >= 15 is 0 Å².